The quantitative estimate of drug-likeness (QED) is 0.389. The smallest absolute Gasteiger partial charge is 0.148 e. The minimum atomic E-state index is -0.596. The molecule has 0 bridgehead atoms. The molecule has 0 radical (unpaired) electrons. The zero-order valence-corrected chi connectivity index (χ0v) is 14.6. The maximum atomic E-state index is 14.3. The highest BCUT2D eigenvalue weighted by atomic mass is 79.9. The molecule has 0 amide bonds. The normalized spacial score (nSPS) is 12.5. The molecule has 20 heavy (non-hydrogen) atoms. The van der Waals surface area contributed by atoms with Gasteiger partial charge in [-0.3, -0.25) is 5.84 Å². The van der Waals surface area contributed by atoms with Crippen LogP contribution in [0.25, 0.3) is 0 Å². The van der Waals surface area contributed by atoms with E-state index in [0.29, 0.717) is 20.6 Å². The number of hydrogen-bond donors (Lipinski definition) is 2. The first-order valence-electron chi connectivity index (χ1n) is 5.50. The Labute approximate surface area is 142 Å². The zero-order valence-electron chi connectivity index (χ0n) is 9.93. The van der Waals surface area contributed by atoms with Crippen LogP contribution in [0.15, 0.2) is 39.3 Å². The Morgan fingerprint density at radius 2 is 1.75 bits per heavy atom. The molecule has 7 heteroatoms. The van der Waals surface area contributed by atoms with Gasteiger partial charge in [0.15, 0.2) is 0 Å². The van der Waals surface area contributed by atoms with Crippen LogP contribution in [0.5, 0.6) is 0 Å². The Bertz CT molecular complexity index is 653. The van der Waals surface area contributed by atoms with Crippen molar-refractivity contribution in [2.75, 3.05) is 0 Å². The Kier molecular flexibility index (Phi) is 5.45. The first-order chi connectivity index (χ1) is 9.45. The van der Waals surface area contributed by atoms with Gasteiger partial charge in [-0.1, -0.05) is 51.3 Å². The highest BCUT2D eigenvalue weighted by Crippen LogP contribution is 2.35. The van der Waals surface area contributed by atoms with Gasteiger partial charge in [-0.25, -0.2) is 9.82 Å². The van der Waals surface area contributed by atoms with E-state index >= 15 is 0 Å². The molecule has 1 atom stereocenters. The fourth-order valence-corrected chi connectivity index (χ4v) is 3.11. The van der Waals surface area contributed by atoms with Crippen molar-refractivity contribution < 1.29 is 4.39 Å². The summed E-state index contributed by atoms with van der Waals surface area (Å²) < 4.78 is 15.6. The molecule has 0 heterocycles. The minimum absolute atomic E-state index is 0.0102. The van der Waals surface area contributed by atoms with E-state index in [1.807, 2.05) is 6.07 Å². The molecule has 3 N–H and O–H groups in total. The Morgan fingerprint density at radius 3 is 2.35 bits per heavy atom. The molecule has 2 rings (SSSR count). The lowest BCUT2D eigenvalue weighted by molar-refractivity contribution is 0.560. The first kappa shape index (κ1) is 16.2. The van der Waals surface area contributed by atoms with Crippen molar-refractivity contribution in [3.8, 4) is 0 Å². The predicted octanol–water partition coefficient (Wildman–Crippen LogP) is 5.21. The van der Waals surface area contributed by atoms with E-state index in [1.165, 1.54) is 0 Å². The summed E-state index contributed by atoms with van der Waals surface area (Å²) in [6.45, 7) is 0. The van der Waals surface area contributed by atoms with Crippen molar-refractivity contribution in [2.45, 2.75) is 6.04 Å². The summed E-state index contributed by atoms with van der Waals surface area (Å²) in [4.78, 5) is 0. The largest absolute Gasteiger partial charge is 0.271 e. The van der Waals surface area contributed by atoms with Crippen LogP contribution in [0, 0.1) is 5.82 Å². The molecule has 2 aromatic rings. The van der Waals surface area contributed by atoms with Crippen LogP contribution in [0.4, 0.5) is 4.39 Å². The number of nitrogens with one attached hydrogen (secondary N) is 1. The van der Waals surface area contributed by atoms with E-state index in [2.05, 4.69) is 37.3 Å². The molecule has 0 aliphatic heterocycles. The number of rotatable bonds is 3. The molecule has 2 nitrogen and oxygen atoms in total. The standard InChI is InChI=1S/C13H9Br2Cl2FN2/c14-6-1-2-7(10(16)5-6)13(20-19)8-3-4-9(15)11(17)12(8)18/h1-5,13,20H,19H2. The molecule has 0 aliphatic carbocycles. The molecule has 2 aromatic carbocycles. The fourth-order valence-electron chi connectivity index (χ4n) is 1.85. The van der Waals surface area contributed by atoms with Crippen LogP contribution in [0.1, 0.15) is 17.2 Å². The Morgan fingerprint density at radius 1 is 1.10 bits per heavy atom. The summed E-state index contributed by atoms with van der Waals surface area (Å²) in [5, 5.41) is 0.483. The molecular weight excluding hydrogens is 434 g/mol. The van der Waals surface area contributed by atoms with Gasteiger partial charge in [0.05, 0.1) is 11.1 Å². The molecule has 0 fully saturated rings. The molecule has 0 spiro atoms. The SMILES string of the molecule is NNC(c1ccc(Br)cc1Cl)c1ccc(Br)c(Cl)c1F. The van der Waals surface area contributed by atoms with E-state index in [4.69, 9.17) is 29.0 Å². The highest BCUT2D eigenvalue weighted by molar-refractivity contribution is 9.10. The average molecular weight is 443 g/mol. The number of halogens is 5. The van der Waals surface area contributed by atoms with Gasteiger partial charge in [0.25, 0.3) is 0 Å². The lowest BCUT2D eigenvalue weighted by atomic mass is 9.99. The summed E-state index contributed by atoms with van der Waals surface area (Å²) in [5.74, 6) is 5.02. The van der Waals surface area contributed by atoms with Crippen molar-refractivity contribution in [3.05, 3.63) is 66.3 Å². The second-order valence-corrected chi connectivity index (χ2v) is 6.59. The summed E-state index contributed by atoms with van der Waals surface area (Å²) >= 11 is 18.6. The second-order valence-electron chi connectivity index (χ2n) is 4.03. The number of hydrazine groups is 1. The number of nitrogens with two attached hydrogens (primary N) is 1. The third kappa shape index (κ3) is 3.18. The molecule has 0 aromatic heterocycles. The predicted molar refractivity (Wildman–Crippen MR) is 87.4 cm³/mol. The molecule has 1 unspecified atom stereocenters. The van der Waals surface area contributed by atoms with Crippen LogP contribution in [-0.4, -0.2) is 0 Å². The van der Waals surface area contributed by atoms with Crippen molar-refractivity contribution >= 4 is 55.1 Å². The van der Waals surface area contributed by atoms with Crippen LogP contribution >= 0.6 is 55.1 Å². The maximum absolute atomic E-state index is 14.3. The van der Waals surface area contributed by atoms with Crippen molar-refractivity contribution in [1.82, 2.24) is 5.43 Å². The van der Waals surface area contributed by atoms with E-state index in [1.54, 1.807) is 24.3 Å². The van der Waals surface area contributed by atoms with E-state index in [0.717, 1.165) is 4.47 Å². The van der Waals surface area contributed by atoms with Crippen molar-refractivity contribution in [3.63, 3.8) is 0 Å². The van der Waals surface area contributed by atoms with Crippen molar-refractivity contribution in [2.24, 2.45) is 5.84 Å². The minimum Gasteiger partial charge on any atom is -0.271 e. The number of hydrogen-bond acceptors (Lipinski definition) is 2. The third-order valence-electron chi connectivity index (χ3n) is 2.82. The van der Waals surface area contributed by atoms with Gasteiger partial charge in [-0.2, -0.15) is 0 Å². The summed E-state index contributed by atoms with van der Waals surface area (Å²) in [7, 11) is 0. The Balaban J connectivity index is 2.55. The second kappa shape index (κ2) is 6.73. The van der Waals surface area contributed by atoms with Gasteiger partial charge in [0, 0.05) is 19.5 Å². The molecule has 0 saturated carbocycles. The summed E-state index contributed by atoms with van der Waals surface area (Å²) in [5.41, 5.74) is 3.55. The van der Waals surface area contributed by atoms with E-state index in [9.17, 15) is 4.39 Å². The van der Waals surface area contributed by atoms with Gasteiger partial charge in [0.1, 0.15) is 5.82 Å². The van der Waals surface area contributed by atoms with E-state index < -0.39 is 11.9 Å². The van der Waals surface area contributed by atoms with E-state index in [-0.39, 0.29) is 5.02 Å². The molecule has 106 valence electrons. The third-order valence-corrected chi connectivity index (χ3v) is 4.90. The Hall–Kier alpha value is -0.170. The van der Waals surface area contributed by atoms with Gasteiger partial charge >= 0.3 is 0 Å². The summed E-state index contributed by atoms with van der Waals surface area (Å²) in [6, 6.07) is 7.98. The van der Waals surface area contributed by atoms with Gasteiger partial charge < -0.3 is 0 Å². The first-order valence-corrected chi connectivity index (χ1v) is 7.84. The summed E-state index contributed by atoms with van der Waals surface area (Å²) in [6.07, 6.45) is 0. The molecule has 0 aliphatic rings. The average Bonchev–Trinajstić information content (AvgIpc) is 2.41. The fraction of sp³-hybridized carbons (Fsp3) is 0.0769. The zero-order chi connectivity index (χ0) is 14.9. The number of benzene rings is 2. The highest BCUT2D eigenvalue weighted by Gasteiger charge is 2.21. The van der Waals surface area contributed by atoms with Crippen LogP contribution < -0.4 is 11.3 Å². The lowest BCUT2D eigenvalue weighted by Gasteiger charge is -2.19. The van der Waals surface area contributed by atoms with Crippen LogP contribution in [0.2, 0.25) is 10.0 Å². The topological polar surface area (TPSA) is 38.0 Å². The van der Waals surface area contributed by atoms with Crippen LogP contribution in [-0.2, 0) is 0 Å². The van der Waals surface area contributed by atoms with Gasteiger partial charge in [-0.05, 0) is 39.7 Å². The maximum Gasteiger partial charge on any atom is 0.148 e. The lowest BCUT2D eigenvalue weighted by Crippen LogP contribution is -2.29. The van der Waals surface area contributed by atoms with Gasteiger partial charge in [-0.15, -0.1) is 0 Å². The molecule has 0 saturated heterocycles. The van der Waals surface area contributed by atoms with Crippen molar-refractivity contribution in [1.29, 1.82) is 0 Å². The monoisotopic (exact) mass is 440 g/mol. The molecular formula is C13H9Br2Cl2FN2. The van der Waals surface area contributed by atoms with Gasteiger partial charge in [0.2, 0.25) is 0 Å². The van der Waals surface area contributed by atoms with Crippen LogP contribution in [0.3, 0.4) is 0 Å².